The minimum absolute atomic E-state index is 0.00293. The Bertz CT molecular complexity index is 1020. The number of hydrogen-bond acceptors (Lipinski definition) is 5. The third kappa shape index (κ3) is 6.07. The number of amides is 2. The molecule has 0 N–H and O–H groups in total. The molecule has 2 amide bonds. The van der Waals surface area contributed by atoms with Crippen LogP contribution < -0.4 is 0 Å². The van der Waals surface area contributed by atoms with Crippen LogP contribution in [-0.2, 0) is 4.79 Å². The molecule has 180 valence electrons. The monoisotopic (exact) mass is 491 g/mol. The van der Waals surface area contributed by atoms with Crippen molar-refractivity contribution in [3.05, 3.63) is 34.1 Å². The molecule has 4 rings (SSSR count). The molecule has 0 atom stereocenters. The molecule has 2 fully saturated rings. The molecule has 1 aromatic carbocycles. The van der Waals surface area contributed by atoms with Gasteiger partial charge in [0.2, 0.25) is 5.91 Å². The number of unbranched alkanes of at least 4 members (excludes halogenated alkanes) is 1. The summed E-state index contributed by atoms with van der Waals surface area (Å²) < 4.78 is 9.34. The number of hydrogen-bond donors (Lipinski definition) is 0. The fourth-order valence-corrected chi connectivity index (χ4v) is 5.99. The molecular formula is C25H35ClN4O2S. The molecule has 3 heterocycles. The molecule has 0 radical (unpaired) electrons. The van der Waals surface area contributed by atoms with Crippen LogP contribution in [0.3, 0.4) is 0 Å². The Morgan fingerprint density at radius 2 is 1.91 bits per heavy atom. The van der Waals surface area contributed by atoms with E-state index in [1.165, 1.54) is 24.2 Å². The van der Waals surface area contributed by atoms with Crippen LogP contribution in [0.4, 0.5) is 0 Å². The highest BCUT2D eigenvalue weighted by Gasteiger charge is 2.29. The second-order valence-corrected chi connectivity index (χ2v) is 10.7. The lowest BCUT2D eigenvalue weighted by Gasteiger charge is -2.42. The summed E-state index contributed by atoms with van der Waals surface area (Å²) >= 11 is 7.40. The smallest absolute Gasteiger partial charge is 0.264 e. The Morgan fingerprint density at radius 1 is 1.18 bits per heavy atom. The number of carbonyl (C=O) groups is 2. The number of fused-ring (bicyclic) bond motifs is 1. The summed E-state index contributed by atoms with van der Waals surface area (Å²) in [5.41, 5.74) is 0. The summed E-state index contributed by atoms with van der Waals surface area (Å²) in [6, 6.07) is 6.17. The average molecular weight is 492 g/mol. The Kier molecular flexibility index (Phi) is 7.82. The van der Waals surface area contributed by atoms with Gasteiger partial charge in [-0.3, -0.25) is 14.5 Å². The molecule has 2 aliphatic heterocycles. The average Bonchev–Trinajstić information content (AvgIpc) is 3.17. The molecule has 0 unspecified atom stereocenters. The summed E-state index contributed by atoms with van der Waals surface area (Å²) in [7, 11) is 2.18. The Hall–Kier alpha value is -1.67. The van der Waals surface area contributed by atoms with Crippen molar-refractivity contribution in [1.29, 1.82) is 0 Å². The van der Waals surface area contributed by atoms with Gasteiger partial charge in [0.05, 0.1) is 6.25 Å². The van der Waals surface area contributed by atoms with Crippen LogP contribution in [0.5, 0.6) is 0 Å². The Balaban J connectivity index is 1.40. The van der Waals surface area contributed by atoms with Crippen LogP contribution in [0.2, 0.25) is 5.02 Å². The van der Waals surface area contributed by atoms with E-state index < -0.39 is 0 Å². The van der Waals surface area contributed by atoms with Gasteiger partial charge in [0, 0.05) is 48.5 Å². The Morgan fingerprint density at radius 3 is 2.61 bits per heavy atom. The SMILES string of the molecule is [2H]c1c(C(=O)N(CCCC)CC(=O)N2CCN(C3CCN(C)CC3)CC2)sc2cc(Cl)ccc12. The van der Waals surface area contributed by atoms with Crippen LogP contribution in [-0.4, -0.2) is 96.9 Å². The van der Waals surface area contributed by atoms with Gasteiger partial charge in [-0.1, -0.05) is 31.0 Å². The van der Waals surface area contributed by atoms with E-state index >= 15 is 0 Å². The topological polar surface area (TPSA) is 47.1 Å². The van der Waals surface area contributed by atoms with E-state index in [4.69, 9.17) is 13.0 Å². The zero-order valence-electron chi connectivity index (χ0n) is 20.7. The summed E-state index contributed by atoms with van der Waals surface area (Å²) in [6.07, 6.45) is 4.15. The number of nitrogens with zero attached hydrogens (tertiary/aromatic N) is 4. The zero-order valence-corrected chi connectivity index (χ0v) is 21.3. The molecule has 33 heavy (non-hydrogen) atoms. The van der Waals surface area contributed by atoms with E-state index in [0.717, 1.165) is 49.1 Å². The van der Waals surface area contributed by atoms with Gasteiger partial charge in [0.1, 0.15) is 6.54 Å². The zero-order chi connectivity index (χ0) is 24.2. The standard InChI is InChI=1S/C25H35ClN4O2S/c1-3-4-9-30(25(32)23-16-19-5-6-20(26)17-22(19)33-23)18-24(31)29-14-12-28(13-15-29)21-7-10-27(2)11-8-21/h5-6,16-17,21H,3-4,7-15,18H2,1-2H3/i16D. The van der Waals surface area contributed by atoms with Gasteiger partial charge in [-0.05, 0) is 63.0 Å². The number of likely N-dealkylation sites (tertiary alicyclic amines) is 1. The van der Waals surface area contributed by atoms with Gasteiger partial charge in [-0.25, -0.2) is 0 Å². The molecule has 2 aromatic rings. The van der Waals surface area contributed by atoms with E-state index in [1.54, 1.807) is 23.1 Å². The van der Waals surface area contributed by atoms with Crippen molar-refractivity contribution < 1.29 is 11.0 Å². The van der Waals surface area contributed by atoms with E-state index in [9.17, 15) is 9.59 Å². The van der Waals surface area contributed by atoms with Crippen molar-refractivity contribution in [2.45, 2.75) is 38.6 Å². The first-order chi connectivity index (χ1) is 16.4. The number of rotatable bonds is 7. The highest BCUT2D eigenvalue weighted by molar-refractivity contribution is 7.20. The van der Waals surface area contributed by atoms with Crippen LogP contribution >= 0.6 is 22.9 Å². The minimum Gasteiger partial charge on any atom is -0.339 e. The van der Waals surface area contributed by atoms with Crippen molar-refractivity contribution in [2.75, 3.05) is 59.4 Å². The van der Waals surface area contributed by atoms with E-state index in [2.05, 4.69) is 23.8 Å². The molecule has 2 aliphatic rings. The third-order valence-electron chi connectivity index (χ3n) is 6.86. The number of piperidine rings is 1. The summed E-state index contributed by atoms with van der Waals surface area (Å²) in [5.74, 6) is -0.225. The van der Waals surface area contributed by atoms with Gasteiger partial charge in [0.25, 0.3) is 5.91 Å². The van der Waals surface area contributed by atoms with Crippen molar-refractivity contribution in [2.24, 2.45) is 0 Å². The summed E-state index contributed by atoms with van der Waals surface area (Å²) in [6.45, 7) is 8.17. The van der Waals surface area contributed by atoms with Crippen LogP contribution in [0.25, 0.3) is 10.1 Å². The van der Waals surface area contributed by atoms with Crippen molar-refractivity contribution in [1.82, 2.24) is 19.6 Å². The number of benzene rings is 1. The molecule has 0 aliphatic carbocycles. The van der Waals surface area contributed by atoms with Crippen LogP contribution in [0.15, 0.2) is 24.2 Å². The van der Waals surface area contributed by atoms with E-state index in [-0.39, 0.29) is 24.4 Å². The molecule has 0 spiro atoms. The molecule has 1 aromatic heterocycles. The molecule has 8 heteroatoms. The van der Waals surface area contributed by atoms with E-state index in [0.29, 0.717) is 35.6 Å². The maximum absolute atomic E-state index is 13.4. The largest absolute Gasteiger partial charge is 0.339 e. The first-order valence-corrected chi connectivity index (χ1v) is 13.2. The van der Waals surface area contributed by atoms with Gasteiger partial charge in [0.15, 0.2) is 0 Å². The molecule has 0 saturated carbocycles. The van der Waals surface area contributed by atoms with Crippen LogP contribution in [0.1, 0.15) is 43.6 Å². The quantitative estimate of drug-likeness (QED) is 0.586. The van der Waals surface area contributed by atoms with E-state index in [1.807, 2.05) is 4.90 Å². The molecule has 2 saturated heterocycles. The highest BCUT2D eigenvalue weighted by Crippen LogP contribution is 2.29. The second-order valence-electron chi connectivity index (χ2n) is 9.23. The highest BCUT2D eigenvalue weighted by atomic mass is 35.5. The first-order valence-electron chi connectivity index (χ1n) is 12.6. The predicted molar refractivity (Wildman–Crippen MR) is 136 cm³/mol. The summed E-state index contributed by atoms with van der Waals surface area (Å²) in [4.78, 5) is 35.5. The van der Waals surface area contributed by atoms with Crippen molar-refractivity contribution >= 4 is 44.8 Å². The molecule has 6 nitrogen and oxygen atoms in total. The molecular weight excluding hydrogens is 456 g/mol. The number of piperazine rings is 1. The van der Waals surface area contributed by atoms with Crippen LogP contribution in [0, 0.1) is 0 Å². The lowest BCUT2D eigenvalue weighted by Crippen LogP contribution is -2.55. The van der Waals surface area contributed by atoms with Gasteiger partial charge in [-0.2, -0.15) is 0 Å². The number of halogens is 1. The fourth-order valence-electron chi connectivity index (χ4n) is 4.74. The lowest BCUT2D eigenvalue weighted by molar-refractivity contribution is -0.134. The normalized spacial score (nSPS) is 19.1. The fraction of sp³-hybridized carbons (Fsp3) is 0.600. The number of carbonyl (C=O) groups excluding carboxylic acids is 2. The summed E-state index contributed by atoms with van der Waals surface area (Å²) in [5, 5.41) is 1.31. The van der Waals surface area contributed by atoms with Gasteiger partial charge >= 0.3 is 0 Å². The second kappa shape index (κ2) is 11.2. The van der Waals surface area contributed by atoms with Gasteiger partial charge < -0.3 is 14.7 Å². The Labute approximate surface area is 207 Å². The molecule has 0 bridgehead atoms. The third-order valence-corrected chi connectivity index (χ3v) is 8.14. The van der Waals surface area contributed by atoms with Gasteiger partial charge in [-0.15, -0.1) is 11.3 Å². The maximum Gasteiger partial charge on any atom is 0.264 e. The number of thiophene rings is 1. The van der Waals surface area contributed by atoms with Crippen molar-refractivity contribution in [3.63, 3.8) is 0 Å². The minimum atomic E-state index is -0.228. The lowest BCUT2D eigenvalue weighted by atomic mass is 10.0. The van der Waals surface area contributed by atoms with Crippen molar-refractivity contribution in [3.8, 4) is 0 Å². The predicted octanol–water partition coefficient (Wildman–Crippen LogP) is 4.04. The first kappa shape index (κ1) is 23.1. The maximum atomic E-state index is 13.4.